The molecular formula is C16H13Cl2N3O2. The van der Waals surface area contributed by atoms with Gasteiger partial charge in [0.25, 0.3) is 0 Å². The summed E-state index contributed by atoms with van der Waals surface area (Å²) in [5.74, 6) is 0.419. The van der Waals surface area contributed by atoms with Crippen LogP contribution in [0.2, 0.25) is 10.0 Å². The third-order valence-electron chi connectivity index (χ3n) is 3.26. The van der Waals surface area contributed by atoms with Crippen molar-refractivity contribution in [2.75, 3.05) is 11.9 Å². The first kappa shape index (κ1) is 15.8. The van der Waals surface area contributed by atoms with Crippen LogP contribution in [0.4, 0.5) is 6.01 Å². The van der Waals surface area contributed by atoms with Crippen LogP contribution in [-0.2, 0) is 0 Å². The van der Waals surface area contributed by atoms with Gasteiger partial charge < -0.3 is 14.9 Å². The van der Waals surface area contributed by atoms with Crippen LogP contribution in [0, 0.1) is 0 Å². The Bertz CT molecular complexity index is 790. The molecule has 118 valence electrons. The van der Waals surface area contributed by atoms with E-state index in [0.29, 0.717) is 15.9 Å². The van der Waals surface area contributed by atoms with Crippen LogP contribution in [0.25, 0.3) is 11.4 Å². The van der Waals surface area contributed by atoms with Crippen molar-refractivity contribution in [2.45, 2.75) is 6.04 Å². The fourth-order valence-electron chi connectivity index (χ4n) is 2.11. The molecule has 1 unspecified atom stereocenters. The quantitative estimate of drug-likeness (QED) is 0.722. The summed E-state index contributed by atoms with van der Waals surface area (Å²) in [6, 6.07) is 14.2. The Labute approximate surface area is 142 Å². The lowest BCUT2D eigenvalue weighted by Crippen LogP contribution is -2.14. The molecule has 1 aromatic heterocycles. The maximum absolute atomic E-state index is 9.57. The van der Waals surface area contributed by atoms with Crippen LogP contribution >= 0.6 is 23.2 Å². The van der Waals surface area contributed by atoms with E-state index in [-0.39, 0.29) is 18.7 Å². The Kier molecular flexibility index (Phi) is 4.81. The summed E-state index contributed by atoms with van der Waals surface area (Å²) < 4.78 is 5.18. The molecule has 0 bridgehead atoms. The second kappa shape index (κ2) is 7.00. The number of halogens is 2. The number of rotatable bonds is 5. The van der Waals surface area contributed by atoms with Crippen LogP contribution in [0.3, 0.4) is 0 Å². The van der Waals surface area contributed by atoms with Crippen LogP contribution in [-0.4, -0.2) is 21.9 Å². The van der Waals surface area contributed by atoms with Crippen molar-refractivity contribution < 1.29 is 9.63 Å². The average molecular weight is 350 g/mol. The molecule has 0 spiro atoms. The Balaban J connectivity index is 1.78. The van der Waals surface area contributed by atoms with Crippen LogP contribution in [0.1, 0.15) is 11.6 Å². The molecular weight excluding hydrogens is 337 g/mol. The van der Waals surface area contributed by atoms with Gasteiger partial charge in [0.05, 0.1) is 12.6 Å². The van der Waals surface area contributed by atoms with Gasteiger partial charge >= 0.3 is 6.01 Å². The van der Waals surface area contributed by atoms with E-state index >= 15 is 0 Å². The molecule has 0 fully saturated rings. The van der Waals surface area contributed by atoms with E-state index in [2.05, 4.69) is 15.5 Å². The number of nitrogens with one attached hydrogen (secondary N) is 1. The molecule has 2 N–H and O–H groups in total. The van der Waals surface area contributed by atoms with E-state index in [1.54, 1.807) is 24.3 Å². The lowest BCUT2D eigenvalue weighted by atomic mass is 10.1. The smallest absolute Gasteiger partial charge is 0.322 e. The highest BCUT2D eigenvalue weighted by Crippen LogP contribution is 2.24. The molecule has 7 heteroatoms. The number of hydrogen-bond acceptors (Lipinski definition) is 5. The van der Waals surface area contributed by atoms with E-state index < -0.39 is 0 Å². The standard InChI is InChI=1S/C16H13Cl2N3O2/c17-12-6-4-10(5-7-12)14(9-22)19-16-20-15(21-23-16)11-2-1-3-13(18)8-11/h1-8,14,22H,9H2,(H,19,20,21). The molecule has 0 aliphatic carbocycles. The number of nitrogens with zero attached hydrogens (tertiary/aromatic N) is 2. The van der Waals surface area contributed by atoms with Crippen molar-refractivity contribution >= 4 is 29.2 Å². The fourth-order valence-corrected chi connectivity index (χ4v) is 2.42. The van der Waals surface area contributed by atoms with Gasteiger partial charge in [-0.05, 0) is 29.8 Å². The van der Waals surface area contributed by atoms with Gasteiger partial charge in [-0.1, -0.05) is 52.6 Å². The molecule has 0 saturated carbocycles. The first-order chi connectivity index (χ1) is 11.2. The number of anilines is 1. The number of aromatic nitrogens is 2. The molecule has 2 aromatic carbocycles. The molecule has 3 aromatic rings. The predicted molar refractivity (Wildman–Crippen MR) is 89.6 cm³/mol. The van der Waals surface area contributed by atoms with Gasteiger partial charge in [0.1, 0.15) is 0 Å². The zero-order chi connectivity index (χ0) is 16.2. The van der Waals surface area contributed by atoms with E-state index in [0.717, 1.165) is 11.1 Å². The van der Waals surface area contributed by atoms with Crippen LogP contribution in [0.15, 0.2) is 53.1 Å². The number of aliphatic hydroxyl groups is 1. The third-order valence-corrected chi connectivity index (χ3v) is 3.75. The fraction of sp³-hybridized carbons (Fsp3) is 0.125. The summed E-state index contributed by atoms with van der Waals surface area (Å²) in [5.41, 5.74) is 1.61. The molecule has 0 aliphatic heterocycles. The minimum absolute atomic E-state index is 0.128. The predicted octanol–water partition coefficient (Wildman–Crippen LogP) is 4.19. The van der Waals surface area contributed by atoms with Gasteiger partial charge in [0, 0.05) is 15.6 Å². The minimum Gasteiger partial charge on any atom is -0.394 e. The van der Waals surface area contributed by atoms with Crippen molar-refractivity contribution in [3.63, 3.8) is 0 Å². The van der Waals surface area contributed by atoms with E-state index in [9.17, 15) is 5.11 Å². The van der Waals surface area contributed by atoms with Crippen molar-refractivity contribution in [1.82, 2.24) is 10.1 Å². The normalized spacial score (nSPS) is 12.1. The molecule has 5 nitrogen and oxygen atoms in total. The van der Waals surface area contributed by atoms with Crippen LogP contribution < -0.4 is 5.32 Å². The zero-order valence-electron chi connectivity index (χ0n) is 11.9. The van der Waals surface area contributed by atoms with Crippen molar-refractivity contribution in [1.29, 1.82) is 0 Å². The molecule has 3 rings (SSSR count). The summed E-state index contributed by atoms with van der Waals surface area (Å²) in [7, 11) is 0. The summed E-state index contributed by atoms with van der Waals surface area (Å²) >= 11 is 11.8. The van der Waals surface area contributed by atoms with Gasteiger partial charge in [0.15, 0.2) is 0 Å². The summed E-state index contributed by atoms with van der Waals surface area (Å²) in [6.07, 6.45) is 0. The topological polar surface area (TPSA) is 71.2 Å². The van der Waals surface area contributed by atoms with Gasteiger partial charge in [-0.3, -0.25) is 0 Å². The first-order valence-electron chi connectivity index (χ1n) is 6.88. The van der Waals surface area contributed by atoms with E-state index in [1.165, 1.54) is 0 Å². The maximum Gasteiger partial charge on any atom is 0.322 e. The largest absolute Gasteiger partial charge is 0.394 e. The second-order valence-electron chi connectivity index (χ2n) is 4.86. The molecule has 23 heavy (non-hydrogen) atoms. The van der Waals surface area contributed by atoms with E-state index in [4.69, 9.17) is 27.7 Å². The number of benzene rings is 2. The third kappa shape index (κ3) is 3.82. The Morgan fingerprint density at radius 3 is 2.57 bits per heavy atom. The van der Waals surface area contributed by atoms with E-state index in [1.807, 2.05) is 24.3 Å². The lowest BCUT2D eigenvalue weighted by Gasteiger charge is -2.14. The minimum atomic E-state index is -0.375. The molecule has 0 amide bonds. The van der Waals surface area contributed by atoms with Gasteiger partial charge in [0.2, 0.25) is 5.82 Å². The Morgan fingerprint density at radius 1 is 1.09 bits per heavy atom. The van der Waals surface area contributed by atoms with Gasteiger partial charge in [-0.25, -0.2) is 0 Å². The highest BCUT2D eigenvalue weighted by Gasteiger charge is 2.15. The highest BCUT2D eigenvalue weighted by molar-refractivity contribution is 6.31. The average Bonchev–Trinajstić information content (AvgIpc) is 3.02. The SMILES string of the molecule is OCC(Nc1nc(-c2cccc(Cl)c2)no1)c1ccc(Cl)cc1. The highest BCUT2D eigenvalue weighted by atomic mass is 35.5. The monoisotopic (exact) mass is 349 g/mol. The van der Waals surface area contributed by atoms with Crippen molar-refractivity contribution in [3.8, 4) is 11.4 Å². The number of hydrogen-bond donors (Lipinski definition) is 2. The molecule has 0 saturated heterocycles. The van der Waals surface area contributed by atoms with Crippen LogP contribution in [0.5, 0.6) is 0 Å². The number of aliphatic hydroxyl groups excluding tert-OH is 1. The van der Waals surface area contributed by atoms with Gasteiger partial charge in [-0.2, -0.15) is 4.98 Å². The molecule has 1 atom stereocenters. The Morgan fingerprint density at radius 2 is 1.87 bits per heavy atom. The summed E-state index contributed by atoms with van der Waals surface area (Å²) in [6.45, 7) is -0.128. The van der Waals surface area contributed by atoms with Crippen molar-refractivity contribution in [3.05, 3.63) is 64.1 Å². The molecule has 0 radical (unpaired) electrons. The zero-order valence-corrected chi connectivity index (χ0v) is 13.4. The maximum atomic E-state index is 9.57. The summed E-state index contributed by atoms with van der Waals surface area (Å²) in [4.78, 5) is 4.27. The first-order valence-corrected chi connectivity index (χ1v) is 7.64. The van der Waals surface area contributed by atoms with Crippen molar-refractivity contribution in [2.24, 2.45) is 0 Å². The molecule has 0 aliphatic rings. The second-order valence-corrected chi connectivity index (χ2v) is 5.74. The Hall–Kier alpha value is -2.08. The van der Waals surface area contributed by atoms with Gasteiger partial charge in [-0.15, -0.1) is 0 Å². The lowest BCUT2D eigenvalue weighted by molar-refractivity contribution is 0.273. The molecule has 1 heterocycles. The summed E-state index contributed by atoms with van der Waals surface area (Å²) in [5, 5.41) is 17.7.